The van der Waals surface area contributed by atoms with Crippen LogP contribution >= 0.6 is 0 Å². The second-order valence-corrected chi connectivity index (χ2v) is 5.91. The van der Waals surface area contributed by atoms with E-state index in [0.29, 0.717) is 12.5 Å². The van der Waals surface area contributed by atoms with Crippen LogP contribution in [0.4, 0.5) is 0 Å². The van der Waals surface area contributed by atoms with Crippen LogP contribution in [0, 0.1) is 0 Å². The molecule has 1 aliphatic rings. The number of benzene rings is 1. The molecule has 1 aromatic carbocycles. The van der Waals surface area contributed by atoms with Gasteiger partial charge in [-0.1, -0.05) is 38.1 Å². The smallest absolute Gasteiger partial charge is 0.0917 e. The van der Waals surface area contributed by atoms with Crippen molar-refractivity contribution in [3.63, 3.8) is 0 Å². The summed E-state index contributed by atoms with van der Waals surface area (Å²) < 4.78 is 11.5. The minimum atomic E-state index is -0.271. The van der Waals surface area contributed by atoms with Crippen LogP contribution in [0.2, 0.25) is 0 Å². The van der Waals surface area contributed by atoms with E-state index >= 15 is 0 Å². The Kier molecular flexibility index (Phi) is 5.19. The summed E-state index contributed by atoms with van der Waals surface area (Å²) in [5, 5.41) is 0. The van der Waals surface area contributed by atoms with Gasteiger partial charge >= 0.3 is 0 Å². The van der Waals surface area contributed by atoms with Gasteiger partial charge in [0.15, 0.2) is 0 Å². The third-order valence-electron chi connectivity index (χ3n) is 4.30. The lowest BCUT2D eigenvalue weighted by Gasteiger charge is -2.41. The van der Waals surface area contributed by atoms with Gasteiger partial charge in [-0.25, -0.2) is 0 Å². The molecule has 3 heteroatoms. The molecule has 1 heterocycles. The fraction of sp³-hybridized carbons (Fsp3) is 0.647. The molecule has 0 aliphatic carbocycles. The molecule has 2 rings (SSSR count). The fourth-order valence-corrected chi connectivity index (χ4v) is 2.94. The molecule has 112 valence electrons. The molecule has 0 spiro atoms. The first-order chi connectivity index (χ1) is 9.59. The summed E-state index contributed by atoms with van der Waals surface area (Å²) in [4.78, 5) is 0. The van der Waals surface area contributed by atoms with Crippen LogP contribution in [0.1, 0.15) is 56.7 Å². The van der Waals surface area contributed by atoms with Gasteiger partial charge in [0, 0.05) is 32.7 Å². The topological polar surface area (TPSA) is 44.5 Å². The van der Waals surface area contributed by atoms with E-state index in [-0.39, 0.29) is 11.6 Å². The lowest BCUT2D eigenvalue weighted by molar-refractivity contribution is -0.121. The highest BCUT2D eigenvalue weighted by atomic mass is 16.5. The Morgan fingerprint density at radius 1 is 1.15 bits per heavy atom. The Balaban J connectivity index is 2.20. The van der Waals surface area contributed by atoms with Crippen molar-refractivity contribution >= 4 is 0 Å². The van der Waals surface area contributed by atoms with Crippen molar-refractivity contribution in [3.05, 3.63) is 35.4 Å². The van der Waals surface area contributed by atoms with E-state index in [4.69, 9.17) is 15.2 Å². The van der Waals surface area contributed by atoms with E-state index in [1.807, 2.05) is 6.92 Å². The van der Waals surface area contributed by atoms with Crippen LogP contribution in [0.3, 0.4) is 0 Å². The lowest BCUT2D eigenvalue weighted by atomic mass is 9.82. The van der Waals surface area contributed by atoms with Gasteiger partial charge < -0.3 is 15.2 Å². The first-order valence-corrected chi connectivity index (χ1v) is 7.66. The van der Waals surface area contributed by atoms with E-state index < -0.39 is 0 Å². The molecular formula is C17H27NO2. The van der Waals surface area contributed by atoms with Crippen molar-refractivity contribution in [1.29, 1.82) is 0 Å². The van der Waals surface area contributed by atoms with Gasteiger partial charge in [-0.15, -0.1) is 0 Å². The Hall–Kier alpha value is -0.900. The molecule has 0 amide bonds. The SMILES string of the molecule is CCOC1(C(N)c2ccc(C(C)C)cc2)CCOCC1. The van der Waals surface area contributed by atoms with Crippen LogP contribution in [0.5, 0.6) is 0 Å². The monoisotopic (exact) mass is 277 g/mol. The molecule has 1 atom stereocenters. The van der Waals surface area contributed by atoms with E-state index in [2.05, 4.69) is 38.1 Å². The van der Waals surface area contributed by atoms with Crippen molar-refractivity contribution in [2.24, 2.45) is 5.73 Å². The number of hydrogen-bond donors (Lipinski definition) is 1. The molecule has 2 N–H and O–H groups in total. The standard InChI is InChI=1S/C17H27NO2/c1-4-20-17(9-11-19-12-10-17)16(18)15-7-5-14(6-8-15)13(2)3/h5-8,13,16H,4,9-12,18H2,1-3H3. The van der Waals surface area contributed by atoms with E-state index in [0.717, 1.165) is 31.6 Å². The molecule has 20 heavy (non-hydrogen) atoms. The normalized spacial score (nSPS) is 20.1. The summed E-state index contributed by atoms with van der Waals surface area (Å²) >= 11 is 0. The minimum Gasteiger partial charge on any atom is -0.381 e. The molecule has 0 aromatic heterocycles. The maximum absolute atomic E-state index is 6.54. The van der Waals surface area contributed by atoms with Gasteiger partial charge in [-0.3, -0.25) is 0 Å². The molecule has 1 unspecified atom stereocenters. The Morgan fingerprint density at radius 2 is 1.70 bits per heavy atom. The van der Waals surface area contributed by atoms with Gasteiger partial charge in [0.25, 0.3) is 0 Å². The predicted octanol–water partition coefficient (Wildman–Crippen LogP) is 3.40. The molecule has 1 saturated heterocycles. The second kappa shape index (κ2) is 6.70. The Labute approximate surface area is 122 Å². The van der Waals surface area contributed by atoms with Crippen LogP contribution in [0.15, 0.2) is 24.3 Å². The summed E-state index contributed by atoms with van der Waals surface area (Å²) in [6.45, 7) is 8.60. The average molecular weight is 277 g/mol. The van der Waals surface area contributed by atoms with Gasteiger partial charge in [-0.05, 0) is 24.0 Å². The molecular weight excluding hydrogens is 250 g/mol. The quantitative estimate of drug-likeness (QED) is 0.897. The first kappa shape index (κ1) is 15.5. The zero-order valence-electron chi connectivity index (χ0n) is 12.9. The average Bonchev–Trinajstić information content (AvgIpc) is 2.48. The Bertz CT molecular complexity index is 402. The van der Waals surface area contributed by atoms with Crippen LogP contribution < -0.4 is 5.73 Å². The lowest BCUT2D eigenvalue weighted by Crippen LogP contribution is -2.48. The molecule has 0 saturated carbocycles. The van der Waals surface area contributed by atoms with Crippen LogP contribution in [-0.4, -0.2) is 25.4 Å². The summed E-state index contributed by atoms with van der Waals surface area (Å²) in [7, 11) is 0. The highest BCUT2D eigenvalue weighted by molar-refractivity contribution is 5.28. The summed E-state index contributed by atoms with van der Waals surface area (Å²) in [5.41, 5.74) is 8.77. The predicted molar refractivity (Wildman–Crippen MR) is 81.9 cm³/mol. The van der Waals surface area contributed by atoms with Gasteiger partial charge in [0.2, 0.25) is 0 Å². The zero-order valence-corrected chi connectivity index (χ0v) is 12.9. The molecule has 0 radical (unpaired) electrons. The number of ether oxygens (including phenoxy) is 2. The van der Waals surface area contributed by atoms with Crippen LogP contribution in [0.25, 0.3) is 0 Å². The highest BCUT2D eigenvalue weighted by Gasteiger charge is 2.40. The highest BCUT2D eigenvalue weighted by Crippen LogP contribution is 2.36. The number of nitrogens with two attached hydrogens (primary N) is 1. The van der Waals surface area contributed by atoms with Crippen molar-refractivity contribution in [3.8, 4) is 0 Å². The summed E-state index contributed by atoms with van der Waals surface area (Å²) in [6, 6.07) is 8.57. The Morgan fingerprint density at radius 3 is 2.20 bits per heavy atom. The number of hydrogen-bond acceptors (Lipinski definition) is 3. The van der Waals surface area contributed by atoms with Gasteiger partial charge in [0.05, 0.1) is 11.6 Å². The van der Waals surface area contributed by atoms with Gasteiger partial charge in [0.1, 0.15) is 0 Å². The molecule has 3 nitrogen and oxygen atoms in total. The van der Waals surface area contributed by atoms with Crippen molar-refractivity contribution in [2.75, 3.05) is 19.8 Å². The maximum atomic E-state index is 6.54. The van der Waals surface area contributed by atoms with Crippen molar-refractivity contribution in [1.82, 2.24) is 0 Å². The molecule has 1 fully saturated rings. The summed E-state index contributed by atoms with van der Waals surface area (Å²) in [5.74, 6) is 0.546. The third-order valence-corrected chi connectivity index (χ3v) is 4.30. The van der Waals surface area contributed by atoms with E-state index in [1.165, 1.54) is 5.56 Å². The van der Waals surface area contributed by atoms with Crippen molar-refractivity contribution in [2.45, 2.75) is 51.2 Å². The molecule has 1 aliphatic heterocycles. The first-order valence-electron chi connectivity index (χ1n) is 7.66. The summed E-state index contributed by atoms with van der Waals surface area (Å²) in [6.07, 6.45) is 1.74. The maximum Gasteiger partial charge on any atom is 0.0917 e. The van der Waals surface area contributed by atoms with E-state index in [9.17, 15) is 0 Å². The molecule has 0 bridgehead atoms. The largest absolute Gasteiger partial charge is 0.381 e. The minimum absolute atomic E-state index is 0.0902. The van der Waals surface area contributed by atoms with Crippen LogP contribution in [-0.2, 0) is 9.47 Å². The van der Waals surface area contributed by atoms with Gasteiger partial charge in [-0.2, -0.15) is 0 Å². The zero-order chi connectivity index (χ0) is 14.6. The fourth-order valence-electron chi connectivity index (χ4n) is 2.94. The third kappa shape index (κ3) is 3.22. The second-order valence-electron chi connectivity index (χ2n) is 5.91. The number of rotatable bonds is 5. The molecule has 1 aromatic rings. The van der Waals surface area contributed by atoms with E-state index in [1.54, 1.807) is 0 Å². The van der Waals surface area contributed by atoms with Crippen molar-refractivity contribution < 1.29 is 9.47 Å².